The zero-order chi connectivity index (χ0) is 19.2. The van der Waals surface area contributed by atoms with E-state index < -0.39 is 6.10 Å². The Kier molecular flexibility index (Phi) is 6.40. The largest absolute Gasteiger partial charge is 0.481 e. The quantitative estimate of drug-likeness (QED) is 0.499. The van der Waals surface area contributed by atoms with Gasteiger partial charge in [-0.3, -0.25) is 14.9 Å². The molecule has 0 saturated carbocycles. The minimum atomic E-state index is -0.655. The number of rotatable bonds is 6. The summed E-state index contributed by atoms with van der Waals surface area (Å²) in [4.78, 5) is 28.4. The van der Waals surface area contributed by atoms with Crippen LogP contribution in [0, 0.1) is 3.57 Å². The summed E-state index contributed by atoms with van der Waals surface area (Å²) in [5.74, 6) is 0.110. The highest BCUT2D eigenvalue weighted by Crippen LogP contribution is 2.17. The molecule has 0 fully saturated rings. The number of carbonyl (C=O) groups is 2. The van der Waals surface area contributed by atoms with E-state index in [1.54, 1.807) is 42.8 Å². The number of nitrogens with one attached hydrogen (secondary N) is 2. The van der Waals surface area contributed by atoms with Crippen molar-refractivity contribution in [3.8, 4) is 5.75 Å². The number of aromatic nitrogens is 1. The number of carbonyl (C=O) groups excluding carboxylic acids is 2. The van der Waals surface area contributed by atoms with Crippen molar-refractivity contribution in [2.45, 2.75) is 13.0 Å². The van der Waals surface area contributed by atoms with Gasteiger partial charge in [0.05, 0.1) is 0 Å². The Balaban J connectivity index is 1.56. The van der Waals surface area contributed by atoms with Gasteiger partial charge in [0.25, 0.3) is 11.8 Å². The predicted molar refractivity (Wildman–Crippen MR) is 114 cm³/mol. The molecule has 6 nitrogen and oxygen atoms in total. The lowest BCUT2D eigenvalue weighted by atomic mass is 10.2. The number of hydrogen-bond donors (Lipinski definition) is 2. The number of hydrogen-bond acceptors (Lipinski definition) is 5. The van der Waals surface area contributed by atoms with E-state index in [2.05, 4.69) is 38.2 Å². The van der Waals surface area contributed by atoms with Gasteiger partial charge in [-0.05, 0) is 78.0 Å². The summed E-state index contributed by atoms with van der Waals surface area (Å²) in [5.41, 5.74) is 1.07. The molecule has 0 bridgehead atoms. The Hall–Kier alpha value is -2.46. The molecule has 2 N–H and O–H groups in total. The van der Waals surface area contributed by atoms with Crippen LogP contribution in [-0.2, 0) is 4.79 Å². The van der Waals surface area contributed by atoms with Crippen molar-refractivity contribution in [3.63, 3.8) is 0 Å². The number of amides is 2. The SMILES string of the molecule is CC(Oc1ccc(I)cc1)C(=O)Nc1ccc(C(=O)Nc2nccs2)cc1. The van der Waals surface area contributed by atoms with Crippen LogP contribution in [0.25, 0.3) is 0 Å². The van der Waals surface area contributed by atoms with Crippen molar-refractivity contribution < 1.29 is 14.3 Å². The van der Waals surface area contributed by atoms with Crippen molar-refractivity contribution in [1.82, 2.24) is 4.98 Å². The van der Waals surface area contributed by atoms with Crippen LogP contribution in [0.15, 0.2) is 60.1 Å². The molecule has 27 heavy (non-hydrogen) atoms. The lowest BCUT2D eigenvalue weighted by Gasteiger charge is -2.15. The third-order valence-corrected chi connectivity index (χ3v) is 4.97. The molecule has 0 aliphatic heterocycles. The van der Waals surface area contributed by atoms with Gasteiger partial charge in [0.15, 0.2) is 11.2 Å². The van der Waals surface area contributed by atoms with E-state index in [9.17, 15) is 9.59 Å². The topological polar surface area (TPSA) is 80.3 Å². The van der Waals surface area contributed by atoms with Crippen LogP contribution in [0.5, 0.6) is 5.75 Å². The second-order valence-corrected chi connectivity index (χ2v) is 7.71. The second-order valence-electron chi connectivity index (χ2n) is 5.57. The zero-order valence-corrected chi connectivity index (χ0v) is 17.3. The molecule has 0 spiro atoms. The summed E-state index contributed by atoms with van der Waals surface area (Å²) < 4.78 is 6.73. The zero-order valence-electron chi connectivity index (χ0n) is 14.3. The van der Waals surface area contributed by atoms with Crippen LogP contribution in [0.4, 0.5) is 10.8 Å². The minimum absolute atomic E-state index is 0.252. The van der Waals surface area contributed by atoms with Gasteiger partial charge < -0.3 is 10.1 Å². The summed E-state index contributed by atoms with van der Waals surface area (Å²) in [6.07, 6.45) is 0.969. The number of thiazole rings is 1. The summed E-state index contributed by atoms with van der Waals surface area (Å²) in [6, 6.07) is 14.1. The van der Waals surface area contributed by atoms with E-state index in [1.165, 1.54) is 11.3 Å². The molecule has 8 heteroatoms. The average molecular weight is 493 g/mol. The van der Waals surface area contributed by atoms with E-state index in [0.29, 0.717) is 22.1 Å². The highest BCUT2D eigenvalue weighted by molar-refractivity contribution is 14.1. The predicted octanol–water partition coefficient (Wildman–Crippen LogP) is 4.41. The standard InChI is InChI=1S/C19H16IN3O3S/c1-12(26-16-8-4-14(20)5-9-16)17(24)22-15-6-2-13(3-7-15)18(25)23-19-21-10-11-27-19/h2-12H,1H3,(H,22,24)(H,21,23,25). The smallest absolute Gasteiger partial charge is 0.265 e. The first-order valence-corrected chi connectivity index (χ1v) is 10.0. The molecule has 3 rings (SSSR count). The molecule has 1 atom stereocenters. The van der Waals surface area contributed by atoms with Crippen LogP contribution in [0.2, 0.25) is 0 Å². The molecular formula is C19H16IN3O3S. The molecule has 0 aliphatic rings. The van der Waals surface area contributed by atoms with E-state index >= 15 is 0 Å². The van der Waals surface area contributed by atoms with E-state index in [-0.39, 0.29) is 11.8 Å². The van der Waals surface area contributed by atoms with Crippen LogP contribution in [0.3, 0.4) is 0 Å². The van der Waals surface area contributed by atoms with E-state index in [4.69, 9.17) is 4.74 Å². The molecule has 1 heterocycles. The van der Waals surface area contributed by atoms with Gasteiger partial charge in [-0.25, -0.2) is 4.98 Å². The van der Waals surface area contributed by atoms with Crippen LogP contribution in [0.1, 0.15) is 17.3 Å². The minimum Gasteiger partial charge on any atom is -0.481 e. The van der Waals surface area contributed by atoms with Gasteiger partial charge in [0.2, 0.25) is 0 Å². The summed E-state index contributed by atoms with van der Waals surface area (Å²) in [6.45, 7) is 1.68. The third kappa shape index (κ3) is 5.51. The number of benzene rings is 2. The van der Waals surface area contributed by atoms with Crippen molar-refractivity contribution >= 4 is 56.6 Å². The Morgan fingerprint density at radius 3 is 2.41 bits per heavy atom. The highest BCUT2D eigenvalue weighted by Gasteiger charge is 2.15. The molecule has 138 valence electrons. The molecule has 0 saturated heterocycles. The first kappa shape index (κ1) is 19.3. The van der Waals surface area contributed by atoms with Crippen LogP contribution in [-0.4, -0.2) is 22.9 Å². The fraction of sp³-hybridized carbons (Fsp3) is 0.105. The first-order valence-electron chi connectivity index (χ1n) is 8.05. The third-order valence-electron chi connectivity index (χ3n) is 3.56. The Morgan fingerprint density at radius 2 is 1.78 bits per heavy atom. The number of anilines is 2. The summed E-state index contributed by atoms with van der Waals surface area (Å²) >= 11 is 3.55. The van der Waals surface area contributed by atoms with Crippen molar-refractivity contribution in [2.75, 3.05) is 10.6 Å². The molecule has 0 radical (unpaired) electrons. The molecule has 3 aromatic rings. The fourth-order valence-electron chi connectivity index (χ4n) is 2.17. The second kappa shape index (κ2) is 8.96. The lowest BCUT2D eigenvalue weighted by Crippen LogP contribution is -2.30. The number of halogens is 1. The maximum Gasteiger partial charge on any atom is 0.265 e. The fourth-order valence-corrected chi connectivity index (χ4v) is 3.06. The summed E-state index contributed by atoms with van der Waals surface area (Å²) in [7, 11) is 0. The number of nitrogens with zero attached hydrogens (tertiary/aromatic N) is 1. The molecule has 0 aliphatic carbocycles. The van der Waals surface area contributed by atoms with Gasteiger partial charge in [-0.2, -0.15) is 0 Å². The van der Waals surface area contributed by atoms with E-state index in [0.717, 1.165) is 3.57 Å². The molecule has 2 aromatic carbocycles. The Labute approximate surface area is 174 Å². The highest BCUT2D eigenvalue weighted by atomic mass is 127. The van der Waals surface area contributed by atoms with Gasteiger partial charge in [0, 0.05) is 26.4 Å². The van der Waals surface area contributed by atoms with Gasteiger partial charge >= 0.3 is 0 Å². The monoisotopic (exact) mass is 493 g/mol. The Bertz CT molecular complexity index is 912. The average Bonchev–Trinajstić information content (AvgIpc) is 3.17. The van der Waals surface area contributed by atoms with Crippen molar-refractivity contribution in [1.29, 1.82) is 0 Å². The lowest BCUT2D eigenvalue weighted by molar-refractivity contribution is -0.122. The number of ether oxygens (including phenoxy) is 1. The van der Waals surface area contributed by atoms with Crippen molar-refractivity contribution in [2.24, 2.45) is 0 Å². The van der Waals surface area contributed by atoms with Gasteiger partial charge in [0.1, 0.15) is 5.75 Å². The Morgan fingerprint density at radius 1 is 1.07 bits per heavy atom. The molecule has 2 amide bonds. The van der Waals surface area contributed by atoms with Gasteiger partial charge in [-0.1, -0.05) is 0 Å². The van der Waals surface area contributed by atoms with Crippen molar-refractivity contribution in [3.05, 3.63) is 69.2 Å². The van der Waals surface area contributed by atoms with Gasteiger partial charge in [-0.15, -0.1) is 11.3 Å². The van der Waals surface area contributed by atoms with Crippen LogP contribution >= 0.6 is 33.9 Å². The maximum atomic E-state index is 12.3. The van der Waals surface area contributed by atoms with Crippen LogP contribution < -0.4 is 15.4 Å². The van der Waals surface area contributed by atoms with E-state index in [1.807, 2.05) is 24.3 Å². The first-order chi connectivity index (χ1) is 13.0. The molecule has 1 unspecified atom stereocenters. The molecule has 1 aromatic heterocycles. The maximum absolute atomic E-state index is 12.3. The summed E-state index contributed by atoms with van der Waals surface area (Å²) in [5, 5.41) is 7.81. The normalized spacial score (nSPS) is 11.5. The molecular weight excluding hydrogens is 477 g/mol.